The van der Waals surface area contributed by atoms with E-state index in [4.69, 9.17) is 5.26 Å². The Morgan fingerprint density at radius 1 is 1.26 bits per heavy atom. The van der Waals surface area contributed by atoms with Crippen molar-refractivity contribution in [3.8, 4) is 28.0 Å². The van der Waals surface area contributed by atoms with Crippen LogP contribution in [-0.4, -0.2) is 61.1 Å². The number of pyridine rings is 1. The molecule has 5 heterocycles. The first-order valence-corrected chi connectivity index (χ1v) is 11.9. The summed E-state index contributed by atoms with van der Waals surface area (Å²) in [5.74, 6) is -3.19. The van der Waals surface area contributed by atoms with Crippen molar-refractivity contribution in [2.45, 2.75) is 38.3 Å². The van der Waals surface area contributed by atoms with Crippen LogP contribution >= 0.6 is 11.3 Å². The van der Waals surface area contributed by atoms with Gasteiger partial charge in [-0.2, -0.15) is 10.4 Å². The molecule has 2 N–H and O–H groups in total. The maximum atomic E-state index is 14.0. The van der Waals surface area contributed by atoms with E-state index in [2.05, 4.69) is 31.7 Å². The molecule has 12 heteroatoms. The van der Waals surface area contributed by atoms with Gasteiger partial charge in [-0.05, 0) is 44.5 Å². The average molecular weight is 497 g/mol. The number of nitrogens with zero attached hydrogens (tertiary/aromatic N) is 7. The van der Waals surface area contributed by atoms with Crippen LogP contribution in [-0.2, 0) is 0 Å². The molecule has 5 rings (SSSR count). The van der Waals surface area contributed by atoms with E-state index in [9.17, 15) is 13.9 Å². The number of anilines is 2. The Hall–Kier alpha value is -3.69. The van der Waals surface area contributed by atoms with Crippen molar-refractivity contribution >= 4 is 27.7 Å². The molecule has 0 unspecified atom stereocenters. The van der Waals surface area contributed by atoms with Gasteiger partial charge in [0.15, 0.2) is 5.01 Å². The van der Waals surface area contributed by atoms with Crippen molar-refractivity contribution in [2.24, 2.45) is 0 Å². The third-order valence-electron chi connectivity index (χ3n) is 5.72. The van der Waals surface area contributed by atoms with E-state index < -0.39 is 18.6 Å². The monoisotopic (exact) mass is 496 g/mol. The number of fused-ring (bicyclic) bond motifs is 1. The molecule has 1 aliphatic heterocycles. The Labute approximate surface area is 203 Å². The topological polar surface area (TPSA) is 115 Å². The van der Waals surface area contributed by atoms with Crippen molar-refractivity contribution in [3.05, 3.63) is 42.2 Å². The number of rotatable bonds is 5. The zero-order chi connectivity index (χ0) is 24.7. The zero-order valence-electron chi connectivity index (χ0n) is 19.0. The molecule has 1 saturated heterocycles. The van der Waals surface area contributed by atoms with E-state index in [-0.39, 0.29) is 19.0 Å². The van der Waals surface area contributed by atoms with Gasteiger partial charge in [-0.3, -0.25) is 4.98 Å². The second-order valence-corrected chi connectivity index (χ2v) is 9.66. The van der Waals surface area contributed by atoms with Crippen LogP contribution in [0.15, 0.2) is 36.7 Å². The van der Waals surface area contributed by atoms with E-state index in [1.165, 1.54) is 22.4 Å². The zero-order valence-corrected chi connectivity index (χ0v) is 19.8. The molecule has 0 bridgehead atoms. The predicted molar refractivity (Wildman–Crippen MR) is 129 cm³/mol. The maximum absolute atomic E-state index is 14.0. The fourth-order valence-corrected chi connectivity index (χ4v) is 4.89. The highest BCUT2D eigenvalue weighted by Gasteiger charge is 2.44. The second-order valence-electron chi connectivity index (χ2n) is 8.70. The minimum atomic E-state index is -3.19. The van der Waals surface area contributed by atoms with Crippen LogP contribution in [0.3, 0.4) is 0 Å². The minimum Gasteiger partial charge on any atom is -0.387 e. The Balaban J connectivity index is 1.50. The third kappa shape index (κ3) is 4.40. The van der Waals surface area contributed by atoms with Gasteiger partial charge in [0.1, 0.15) is 12.2 Å². The average Bonchev–Trinajstić information content (AvgIpc) is 3.47. The second kappa shape index (κ2) is 8.83. The van der Waals surface area contributed by atoms with Crippen molar-refractivity contribution in [1.82, 2.24) is 24.8 Å². The summed E-state index contributed by atoms with van der Waals surface area (Å²) in [4.78, 5) is 6.08. The fourth-order valence-electron chi connectivity index (χ4n) is 3.99. The summed E-state index contributed by atoms with van der Waals surface area (Å²) < 4.78 is 29.8. The number of halogens is 2. The number of aromatic nitrogens is 5. The van der Waals surface area contributed by atoms with Crippen molar-refractivity contribution in [1.29, 1.82) is 5.26 Å². The normalized spacial score (nSPS) is 17.6. The SMILES string of the molecule is CC(C)Nc1cc(-c2ccc3cc(C#N)cnn23)ncc1-c1nnc(N2CC[C@@H](O)C(F)(F)C2)s1. The standard InChI is InChI=1S/C23H22F2N8OS/c1-13(2)29-17-8-18(19-4-3-15-7-14(9-26)10-28-33(15)19)27-11-16(17)21-30-31-22(35-21)32-6-5-20(34)23(24,25)12-32/h3-4,7-8,10-11,13,20,34H,5-6,12H2,1-2H3,(H,27,29)/t20-/m1/s1. The molecule has 0 spiro atoms. The summed E-state index contributed by atoms with van der Waals surface area (Å²) in [6.45, 7) is 3.70. The van der Waals surface area contributed by atoms with Crippen molar-refractivity contribution < 1.29 is 13.9 Å². The summed E-state index contributed by atoms with van der Waals surface area (Å²) in [6.07, 6.45) is 1.51. The molecule has 0 radical (unpaired) electrons. The molecule has 0 amide bonds. The number of alkyl halides is 2. The van der Waals surface area contributed by atoms with Gasteiger partial charge in [-0.25, -0.2) is 13.3 Å². The van der Waals surface area contributed by atoms with E-state index in [0.717, 1.165) is 16.9 Å². The molecule has 180 valence electrons. The van der Waals surface area contributed by atoms with Gasteiger partial charge < -0.3 is 15.3 Å². The lowest BCUT2D eigenvalue weighted by atomic mass is 10.0. The lowest BCUT2D eigenvalue weighted by molar-refractivity contribution is -0.113. The first-order valence-electron chi connectivity index (χ1n) is 11.0. The molecule has 0 saturated carbocycles. The molecule has 1 aliphatic rings. The minimum absolute atomic E-state index is 0.0342. The molecule has 35 heavy (non-hydrogen) atoms. The van der Waals surface area contributed by atoms with Gasteiger partial charge in [0, 0.05) is 24.5 Å². The van der Waals surface area contributed by atoms with Crippen LogP contribution in [0.5, 0.6) is 0 Å². The van der Waals surface area contributed by atoms with Gasteiger partial charge in [0.25, 0.3) is 5.92 Å². The van der Waals surface area contributed by atoms with Gasteiger partial charge in [-0.1, -0.05) is 11.3 Å². The lowest BCUT2D eigenvalue weighted by Gasteiger charge is -2.35. The van der Waals surface area contributed by atoms with Gasteiger partial charge in [-0.15, -0.1) is 10.2 Å². The number of hydrogen-bond donors (Lipinski definition) is 2. The van der Waals surface area contributed by atoms with Crippen LogP contribution in [0.1, 0.15) is 25.8 Å². The molecule has 4 aromatic rings. The number of hydrogen-bond acceptors (Lipinski definition) is 9. The summed E-state index contributed by atoms with van der Waals surface area (Å²) >= 11 is 1.21. The number of aliphatic hydroxyl groups excluding tert-OH is 1. The van der Waals surface area contributed by atoms with Crippen LogP contribution < -0.4 is 10.2 Å². The predicted octanol–water partition coefficient (Wildman–Crippen LogP) is 3.81. The molecular formula is C23H22F2N8OS. The van der Waals surface area contributed by atoms with Gasteiger partial charge >= 0.3 is 0 Å². The van der Waals surface area contributed by atoms with Crippen molar-refractivity contribution in [3.63, 3.8) is 0 Å². The van der Waals surface area contributed by atoms with E-state index in [0.29, 0.717) is 27.0 Å². The Morgan fingerprint density at radius 3 is 2.83 bits per heavy atom. The fraction of sp³-hybridized carbons (Fsp3) is 0.348. The first-order chi connectivity index (χ1) is 16.7. The van der Waals surface area contributed by atoms with Crippen LogP contribution in [0.4, 0.5) is 19.6 Å². The van der Waals surface area contributed by atoms with Gasteiger partial charge in [0.2, 0.25) is 5.13 Å². The van der Waals surface area contributed by atoms with E-state index >= 15 is 0 Å². The molecule has 9 nitrogen and oxygen atoms in total. The molecule has 0 aromatic carbocycles. The summed E-state index contributed by atoms with van der Waals surface area (Å²) in [6, 6.07) is 9.60. The first kappa shape index (κ1) is 23.1. The molecule has 4 aromatic heterocycles. The molecule has 0 aliphatic carbocycles. The van der Waals surface area contributed by atoms with E-state index in [1.807, 2.05) is 32.0 Å². The third-order valence-corrected chi connectivity index (χ3v) is 6.73. The number of aliphatic hydroxyl groups is 1. The van der Waals surface area contributed by atoms with Crippen LogP contribution in [0, 0.1) is 11.3 Å². The summed E-state index contributed by atoms with van der Waals surface area (Å²) in [7, 11) is 0. The summed E-state index contributed by atoms with van der Waals surface area (Å²) in [5.41, 5.74) is 4.16. The van der Waals surface area contributed by atoms with E-state index in [1.54, 1.807) is 16.8 Å². The number of nitrogens with one attached hydrogen (secondary N) is 1. The molecular weight excluding hydrogens is 474 g/mol. The van der Waals surface area contributed by atoms with Gasteiger partial charge in [0.05, 0.1) is 40.8 Å². The molecule has 1 fully saturated rings. The Morgan fingerprint density at radius 2 is 2.09 bits per heavy atom. The quantitative estimate of drug-likeness (QED) is 0.429. The maximum Gasteiger partial charge on any atom is 0.290 e. The van der Waals surface area contributed by atoms with Crippen LogP contribution in [0.25, 0.3) is 27.5 Å². The Kier molecular flexibility index (Phi) is 5.82. The Bertz CT molecular complexity index is 1430. The highest BCUT2D eigenvalue weighted by molar-refractivity contribution is 7.18. The highest BCUT2D eigenvalue weighted by atomic mass is 32.1. The summed E-state index contributed by atoms with van der Waals surface area (Å²) in [5, 5.41) is 35.8. The van der Waals surface area contributed by atoms with Crippen LogP contribution in [0.2, 0.25) is 0 Å². The lowest BCUT2D eigenvalue weighted by Crippen LogP contribution is -2.51. The molecule has 1 atom stereocenters. The largest absolute Gasteiger partial charge is 0.387 e. The number of piperidine rings is 1. The van der Waals surface area contributed by atoms with Crippen molar-refractivity contribution in [2.75, 3.05) is 23.3 Å². The highest BCUT2D eigenvalue weighted by Crippen LogP contribution is 2.38. The number of nitriles is 1. The smallest absolute Gasteiger partial charge is 0.290 e.